The van der Waals surface area contributed by atoms with Crippen LogP contribution in [0.5, 0.6) is 0 Å². The molecule has 9 heteroatoms. The first-order chi connectivity index (χ1) is 10.2. The van der Waals surface area contributed by atoms with Crippen LogP contribution in [0.1, 0.15) is 16.1 Å². The van der Waals surface area contributed by atoms with E-state index in [1.54, 1.807) is 0 Å². The fraction of sp³-hybridized carbons (Fsp3) is 0.154. The van der Waals surface area contributed by atoms with Gasteiger partial charge >= 0.3 is 5.97 Å². The highest BCUT2D eigenvalue weighted by atomic mass is 35.5. The summed E-state index contributed by atoms with van der Waals surface area (Å²) in [4.78, 5) is 10.7. The van der Waals surface area contributed by atoms with Gasteiger partial charge in [-0.05, 0) is 24.3 Å². The van der Waals surface area contributed by atoms with Gasteiger partial charge in [-0.2, -0.15) is 4.31 Å². The Labute approximate surface area is 136 Å². The molecule has 1 aromatic carbocycles. The van der Waals surface area contributed by atoms with Crippen molar-refractivity contribution in [2.75, 3.05) is 7.05 Å². The lowest BCUT2D eigenvalue weighted by Gasteiger charge is -2.16. The van der Waals surface area contributed by atoms with E-state index in [9.17, 15) is 13.2 Å². The highest BCUT2D eigenvalue weighted by Gasteiger charge is 2.25. The molecule has 0 unspecified atom stereocenters. The van der Waals surface area contributed by atoms with Crippen molar-refractivity contribution in [2.45, 2.75) is 11.4 Å². The lowest BCUT2D eigenvalue weighted by Crippen LogP contribution is -2.26. The topological polar surface area (TPSA) is 87.8 Å². The predicted molar refractivity (Wildman–Crippen MR) is 80.8 cm³/mol. The molecule has 1 N–H and O–H groups in total. The zero-order valence-corrected chi connectivity index (χ0v) is 13.6. The maximum absolute atomic E-state index is 12.4. The summed E-state index contributed by atoms with van der Waals surface area (Å²) in [6.45, 7) is -0.130. The van der Waals surface area contributed by atoms with Crippen LogP contribution < -0.4 is 0 Å². The molecule has 0 amide bonds. The minimum absolute atomic E-state index is 0.00465. The van der Waals surface area contributed by atoms with E-state index in [1.165, 1.54) is 31.3 Å². The maximum Gasteiger partial charge on any atom is 0.338 e. The Balaban J connectivity index is 2.26. The molecule has 0 aliphatic heterocycles. The molecule has 22 heavy (non-hydrogen) atoms. The lowest BCUT2D eigenvalue weighted by molar-refractivity contribution is 0.0696. The molecule has 2 rings (SSSR count). The van der Waals surface area contributed by atoms with Gasteiger partial charge in [0, 0.05) is 12.1 Å². The summed E-state index contributed by atoms with van der Waals surface area (Å²) in [5, 5.41) is 9.14. The lowest BCUT2D eigenvalue weighted by atomic mass is 10.3. The Morgan fingerprint density at radius 1 is 1.32 bits per heavy atom. The number of hydrogen-bond donors (Lipinski definition) is 1. The minimum Gasteiger partial charge on any atom is -0.478 e. The fourth-order valence-electron chi connectivity index (χ4n) is 1.73. The van der Waals surface area contributed by atoms with Crippen molar-refractivity contribution in [3.63, 3.8) is 0 Å². The number of carboxylic acids is 1. The van der Waals surface area contributed by atoms with E-state index >= 15 is 0 Å². The molecule has 0 aliphatic rings. The summed E-state index contributed by atoms with van der Waals surface area (Å²) in [5.41, 5.74) is -0.0506. The van der Waals surface area contributed by atoms with Gasteiger partial charge in [-0.25, -0.2) is 13.2 Å². The third kappa shape index (κ3) is 3.44. The summed E-state index contributed by atoms with van der Waals surface area (Å²) >= 11 is 11.7. The zero-order chi connectivity index (χ0) is 16.5. The monoisotopic (exact) mass is 363 g/mol. The van der Waals surface area contributed by atoms with Crippen LogP contribution in [0, 0.1) is 0 Å². The largest absolute Gasteiger partial charge is 0.478 e. The van der Waals surface area contributed by atoms with Gasteiger partial charge in [0.2, 0.25) is 10.0 Å². The van der Waals surface area contributed by atoms with Crippen LogP contribution in [-0.2, 0) is 16.6 Å². The normalized spacial score (nSPS) is 11.8. The van der Waals surface area contributed by atoms with E-state index in [4.69, 9.17) is 32.7 Å². The first kappa shape index (κ1) is 16.8. The molecule has 1 aromatic heterocycles. The molecular weight excluding hydrogens is 353 g/mol. The molecule has 6 nitrogen and oxygen atoms in total. The second-order valence-corrected chi connectivity index (χ2v) is 7.30. The van der Waals surface area contributed by atoms with Gasteiger partial charge < -0.3 is 9.52 Å². The van der Waals surface area contributed by atoms with Crippen molar-refractivity contribution in [2.24, 2.45) is 0 Å². The molecule has 0 saturated carbocycles. The average Bonchev–Trinajstić information content (AvgIpc) is 2.86. The highest BCUT2D eigenvalue weighted by molar-refractivity contribution is 7.89. The second kappa shape index (κ2) is 6.29. The van der Waals surface area contributed by atoms with Gasteiger partial charge in [0.1, 0.15) is 16.9 Å². The molecule has 0 bridgehead atoms. The average molecular weight is 364 g/mol. The van der Waals surface area contributed by atoms with Gasteiger partial charge in [-0.15, -0.1) is 0 Å². The van der Waals surface area contributed by atoms with Crippen LogP contribution in [0.3, 0.4) is 0 Å². The number of hydrogen-bond acceptors (Lipinski definition) is 4. The van der Waals surface area contributed by atoms with Crippen molar-refractivity contribution in [1.29, 1.82) is 0 Å². The van der Waals surface area contributed by atoms with E-state index < -0.39 is 16.0 Å². The van der Waals surface area contributed by atoms with E-state index in [1.807, 2.05) is 0 Å². The molecule has 118 valence electrons. The molecule has 1 heterocycles. The zero-order valence-electron chi connectivity index (χ0n) is 11.3. The third-order valence-electron chi connectivity index (χ3n) is 2.86. The number of rotatable bonds is 5. The summed E-state index contributed by atoms with van der Waals surface area (Å²) in [7, 11) is -2.52. The Bertz CT molecular complexity index is 816. The number of nitrogens with zero attached hydrogens (tertiary/aromatic N) is 1. The van der Waals surface area contributed by atoms with Crippen LogP contribution in [0.2, 0.25) is 10.0 Å². The van der Waals surface area contributed by atoms with Crippen molar-refractivity contribution in [3.05, 3.63) is 51.9 Å². The Morgan fingerprint density at radius 2 is 2.00 bits per heavy atom. The number of sulfonamides is 1. The quantitative estimate of drug-likeness (QED) is 0.881. The SMILES string of the molecule is CN(Cc1cc(C(=O)O)co1)S(=O)(=O)c1ccc(Cl)cc1Cl. The van der Waals surface area contributed by atoms with E-state index in [0.717, 1.165) is 10.6 Å². The van der Waals surface area contributed by atoms with Gasteiger partial charge in [-0.1, -0.05) is 23.2 Å². The number of furan rings is 1. The van der Waals surface area contributed by atoms with Crippen molar-refractivity contribution >= 4 is 39.2 Å². The van der Waals surface area contributed by atoms with Crippen molar-refractivity contribution in [1.82, 2.24) is 4.31 Å². The molecule has 0 aliphatic carbocycles. The molecule has 0 saturated heterocycles. The molecule has 0 radical (unpaired) electrons. The van der Waals surface area contributed by atoms with Gasteiger partial charge in [0.25, 0.3) is 0 Å². The van der Waals surface area contributed by atoms with Gasteiger partial charge in [0.05, 0.1) is 17.1 Å². The fourth-order valence-corrected chi connectivity index (χ4v) is 3.61. The van der Waals surface area contributed by atoms with Crippen LogP contribution in [0.4, 0.5) is 0 Å². The highest BCUT2D eigenvalue weighted by Crippen LogP contribution is 2.27. The Morgan fingerprint density at radius 3 is 2.55 bits per heavy atom. The molecule has 2 aromatic rings. The first-order valence-electron chi connectivity index (χ1n) is 5.94. The van der Waals surface area contributed by atoms with Crippen LogP contribution in [-0.4, -0.2) is 30.8 Å². The van der Waals surface area contributed by atoms with E-state index in [-0.39, 0.29) is 27.8 Å². The van der Waals surface area contributed by atoms with Crippen LogP contribution >= 0.6 is 23.2 Å². The van der Waals surface area contributed by atoms with Gasteiger partial charge in [0.15, 0.2) is 0 Å². The molecular formula is C13H11Cl2NO5S. The van der Waals surface area contributed by atoms with Crippen molar-refractivity contribution in [3.8, 4) is 0 Å². The molecule has 0 atom stereocenters. The van der Waals surface area contributed by atoms with Crippen LogP contribution in [0.15, 0.2) is 39.8 Å². The van der Waals surface area contributed by atoms with Crippen molar-refractivity contribution < 1.29 is 22.7 Å². The number of halogens is 2. The Kier molecular flexibility index (Phi) is 4.81. The van der Waals surface area contributed by atoms with E-state index in [2.05, 4.69) is 0 Å². The second-order valence-electron chi connectivity index (χ2n) is 4.44. The maximum atomic E-state index is 12.4. The summed E-state index contributed by atoms with van der Waals surface area (Å²) in [6, 6.07) is 5.32. The predicted octanol–water partition coefficient (Wildman–Crippen LogP) is 3.11. The molecule has 0 fully saturated rings. The number of aromatic carboxylic acids is 1. The van der Waals surface area contributed by atoms with E-state index in [0.29, 0.717) is 5.02 Å². The minimum atomic E-state index is -3.86. The van der Waals surface area contributed by atoms with Gasteiger partial charge in [-0.3, -0.25) is 0 Å². The summed E-state index contributed by atoms with van der Waals surface area (Å²) in [5.74, 6) is -0.949. The molecule has 0 spiro atoms. The number of benzene rings is 1. The smallest absolute Gasteiger partial charge is 0.338 e. The summed E-state index contributed by atoms with van der Waals surface area (Å²) < 4.78 is 30.9. The number of carbonyl (C=O) groups is 1. The number of carboxylic acid groups (broad SMARTS) is 1. The summed E-state index contributed by atoms with van der Waals surface area (Å²) in [6.07, 6.45) is 1.05. The third-order valence-corrected chi connectivity index (χ3v) is 5.38. The van der Waals surface area contributed by atoms with Crippen LogP contribution in [0.25, 0.3) is 0 Å². The first-order valence-corrected chi connectivity index (χ1v) is 8.13. The standard InChI is InChI=1S/C13H11Cl2NO5S/c1-16(6-10-4-8(7-21-10)13(17)18)22(19,20)12-3-2-9(14)5-11(12)15/h2-5,7H,6H2,1H3,(H,17,18). The Hall–Kier alpha value is -1.54.